The molecule has 0 saturated heterocycles. The van der Waals surface area contributed by atoms with E-state index in [4.69, 9.17) is 18.9 Å². The van der Waals surface area contributed by atoms with E-state index in [9.17, 15) is 19.2 Å². The van der Waals surface area contributed by atoms with Crippen LogP contribution in [0.15, 0.2) is 30.3 Å². The quantitative estimate of drug-likeness (QED) is 0.206. The Balaban J connectivity index is 2.04. The van der Waals surface area contributed by atoms with Crippen molar-refractivity contribution in [2.75, 3.05) is 26.4 Å². The molecule has 0 aromatic carbocycles. The molecule has 0 aliphatic carbocycles. The fourth-order valence-electron chi connectivity index (χ4n) is 4.84. The van der Waals surface area contributed by atoms with Crippen LogP contribution in [0.4, 0.5) is 0 Å². The van der Waals surface area contributed by atoms with Crippen LogP contribution < -0.4 is 0 Å². The first-order chi connectivity index (χ1) is 21.3. The van der Waals surface area contributed by atoms with Crippen LogP contribution in [0, 0.1) is 0 Å². The lowest BCUT2D eigenvalue weighted by Gasteiger charge is -2.09. The van der Waals surface area contributed by atoms with Gasteiger partial charge in [-0.1, -0.05) is 0 Å². The van der Waals surface area contributed by atoms with E-state index < -0.39 is 23.9 Å². The first-order valence-electron chi connectivity index (χ1n) is 14.1. The number of hydrogen-bond acceptors (Lipinski definition) is 10. The number of esters is 4. The van der Waals surface area contributed by atoms with E-state index in [1.165, 1.54) is 6.08 Å². The van der Waals surface area contributed by atoms with Gasteiger partial charge in [0.1, 0.15) is 11.1 Å². The standard InChI is InChI=1S/C32H30N4O8/c1-5-41-29(37)22-15-21-14-19-10-9-17(33-19)13-18-11-12-20(34-18)16-23-24(30(38)42-6-2)25(31(39)43-7-3)28(36-23)26(27(22)35-21)32(40)44-8-4/h9-16,33,36H,5-8H2,1-4H3. The zero-order valence-electron chi connectivity index (χ0n) is 24.6. The van der Waals surface area contributed by atoms with Gasteiger partial charge in [0.15, 0.2) is 0 Å². The van der Waals surface area contributed by atoms with Crippen molar-refractivity contribution in [3.63, 3.8) is 0 Å². The van der Waals surface area contributed by atoms with Gasteiger partial charge in [0.2, 0.25) is 0 Å². The zero-order chi connectivity index (χ0) is 31.4. The molecule has 12 nitrogen and oxygen atoms in total. The maximum Gasteiger partial charge on any atom is 0.342 e. The van der Waals surface area contributed by atoms with Crippen molar-refractivity contribution in [2.45, 2.75) is 27.7 Å². The molecule has 0 saturated carbocycles. The fraction of sp³-hybridized carbons (Fsp3) is 0.250. The van der Waals surface area contributed by atoms with Crippen LogP contribution >= 0.6 is 0 Å². The minimum absolute atomic E-state index is 0.0117. The number of nitrogens with one attached hydrogen (secondary N) is 2. The van der Waals surface area contributed by atoms with E-state index in [0.29, 0.717) is 22.6 Å². The molecule has 5 rings (SSSR count). The number of H-pyrrole nitrogens is 2. The highest BCUT2D eigenvalue weighted by Gasteiger charge is 2.33. The summed E-state index contributed by atoms with van der Waals surface area (Å²) in [7, 11) is 0. The van der Waals surface area contributed by atoms with Crippen LogP contribution in [0.2, 0.25) is 0 Å². The van der Waals surface area contributed by atoms with Gasteiger partial charge in [0, 0.05) is 11.0 Å². The van der Waals surface area contributed by atoms with Crippen molar-refractivity contribution in [2.24, 2.45) is 0 Å². The summed E-state index contributed by atoms with van der Waals surface area (Å²) >= 11 is 0. The van der Waals surface area contributed by atoms with Crippen molar-refractivity contribution >= 4 is 69.7 Å². The molecule has 0 atom stereocenters. The number of carbonyl (C=O) groups is 4. The number of fused-ring (bicyclic) bond motifs is 8. The first-order valence-corrected chi connectivity index (χ1v) is 14.1. The highest BCUT2D eigenvalue weighted by molar-refractivity contribution is 6.26. The number of ether oxygens (including phenoxy) is 4. The maximum atomic E-state index is 13.7. The van der Waals surface area contributed by atoms with E-state index >= 15 is 0 Å². The normalized spacial score (nSPS) is 12.0. The molecular formula is C32H30N4O8. The zero-order valence-corrected chi connectivity index (χ0v) is 24.6. The summed E-state index contributed by atoms with van der Waals surface area (Å²) in [5, 5.41) is 0. The molecule has 44 heavy (non-hydrogen) atoms. The lowest BCUT2D eigenvalue weighted by Crippen LogP contribution is -2.16. The number of aromatic nitrogens is 4. The Bertz CT molecular complexity index is 1900. The second-order valence-corrected chi connectivity index (χ2v) is 9.46. The molecule has 2 aliphatic rings. The van der Waals surface area contributed by atoms with Gasteiger partial charge in [-0.3, -0.25) is 0 Å². The van der Waals surface area contributed by atoms with E-state index in [1.807, 2.05) is 18.2 Å². The summed E-state index contributed by atoms with van der Waals surface area (Å²) < 4.78 is 21.4. The second-order valence-electron chi connectivity index (χ2n) is 9.46. The molecule has 0 radical (unpaired) electrons. The monoisotopic (exact) mass is 598 g/mol. The van der Waals surface area contributed by atoms with Gasteiger partial charge in [0.25, 0.3) is 0 Å². The summed E-state index contributed by atoms with van der Waals surface area (Å²) in [5.74, 6) is -3.38. The summed E-state index contributed by atoms with van der Waals surface area (Å²) in [6.07, 6.45) is 5.01. The molecule has 8 bridgehead atoms. The predicted molar refractivity (Wildman–Crippen MR) is 162 cm³/mol. The molecular weight excluding hydrogens is 568 g/mol. The Morgan fingerprint density at radius 3 is 1.75 bits per heavy atom. The lowest BCUT2D eigenvalue weighted by atomic mass is 10.0. The summed E-state index contributed by atoms with van der Waals surface area (Å²) in [5.41, 5.74) is 1.92. The number of nitrogens with zero attached hydrogens (tertiary/aromatic N) is 2. The maximum absolute atomic E-state index is 13.7. The molecule has 226 valence electrons. The number of aromatic amines is 2. The van der Waals surface area contributed by atoms with Gasteiger partial charge in [-0.05, 0) is 76.3 Å². The number of rotatable bonds is 8. The van der Waals surface area contributed by atoms with Crippen molar-refractivity contribution in [3.05, 3.63) is 69.8 Å². The fourth-order valence-corrected chi connectivity index (χ4v) is 4.84. The molecule has 3 aromatic rings. The van der Waals surface area contributed by atoms with E-state index in [0.717, 1.165) is 5.52 Å². The van der Waals surface area contributed by atoms with E-state index in [1.54, 1.807) is 52.0 Å². The first kappa shape index (κ1) is 30.0. The average Bonchev–Trinajstić information content (AvgIpc) is 3.77. The third-order valence-corrected chi connectivity index (χ3v) is 6.55. The average molecular weight is 599 g/mol. The number of hydrogen-bond donors (Lipinski definition) is 2. The Kier molecular flexibility index (Phi) is 8.70. The molecule has 0 fully saturated rings. The van der Waals surface area contributed by atoms with Gasteiger partial charge in [-0.25, -0.2) is 29.1 Å². The molecule has 0 unspecified atom stereocenters. The highest BCUT2D eigenvalue weighted by Crippen LogP contribution is 2.33. The molecule has 2 N–H and O–H groups in total. The third kappa shape index (κ3) is 5.87. The van der Waals surface area contributed by atoms with Crippen LogP contribution in [-0.4, -0.2) is 70.2 Å². The SMILES string of the molecule is CCOC(=O)C1=Cc2cc3ccc(cc4nc(cc5[nH]c(c(C(=O)OCC)c1n2)c(C(=O)OCC)c5C(=O)OCC)C=C4)[nH]3. The van der Waals surface area contributed by atoms with Crippen LogP contribution in [0.3, 0.4) is 0 Å². The molecule has 0 amide bonds. The van der Waals surface area contributed by atoms with Gasteiger partial charge in [0.05, 0.1) is 71.4 Å². The summed E-state index contributed by atoms with van der Waals surface area (Å²) in [4.78, 5) is 69.5. The predicted octanol–water partition coefficient (Wildman–Crippen LogP) is 5.12. The summed E-state index contributed by atoms with van der Waals surface area (Å²) in [6.45, 7) is 6.51. The molecule has 5 heterocycles. The van der Waals surface area contributed by atoms with Crippen molar-refractivity contribution < 1.29 is 38.1 Å². The van der Waals surface area contributed by atoms with Gasteiger partial charge >= 0.3 is 23.9 Å². The van der Waals surface area contributed by atoms with Crippen LogP contribution in [0.5, 0.6) is 0 Å². The Labute approximate surface area is 251 Å². The summed E-state index contributed by atoms with van der Waals surface area (Å²) in [6, 6.07) is 8.75. The van der Waals surface area contributed by atoms with Gasteiger partial charge in [-0.2, -0.15) is 0 Å². The minimum atomic E-state index is -0.903. The highest BCUT2D eigenvalue weighted by atomic mass is 16.5. The Morgan fingerprint density at radius 1 is 0.614 bits per heavy atom. The second kappa shape index (κ2) is 12.8. The smallest absolute Gasteiger partial charge is 0.342 e. The van der Waals surface area contributed by atoms with E-state index in [2.05, 4.69) is 19.9 Å². The Morgan fingerprint density at radius 2 is 1.14 bits per heavy atom. The topological polar surface area (TPSA) is 163 Å². The van der Waals surface area contributed by atoms with Gasteiger partial charge in [-0.15, -0.1) is 0 Å². The molecule has 12 heteroatoms. The Hall–Kier alpha value is -5.52. The van der Waals surface area contributed by atoms with E-state index in [-0.39, 0.29) is 65.4 Å². The third-order valence-electron chi connectivity index (χ3n) is 6.55. The van der Waals surface area contributed by atoms with Crippen molar-refractivity contribution in [1.82, 2.24) is 19.9 Å². The van der Waals surface area contributed by atoms with Crippen LogP contribution in [0.25, 0.3) is 45.9 Å². The van der Waals surface area contributed by atoms with Crippen LogP contribution in [0.1, 0.15) is 81.5 Å². The lowest BCUT2D eigenvalue weighted by molar-refractivity contribution is -0.136. The minimum Gasteiger partial charge on any atom is -0.462 e. The number of carbonyl (C=O) groups excluding carboxylic acids is 4. The molecule has 2 aliphatic heterocycles. The van der Waals surface area contributed by atoms with Crippen molar-refractivity contribution in [1.29, 1.82) is 0 Å². The molecule has 0 spiro atoms. The largest absolute Gasteiger partial charge is 0.462 e. The van der Waals surface area contributed by atoms with Crippen LogP contribution in [-0.2, 0) is 23.7 Å². The molecule has 3 aromatic heterocycles. The van der Waals surface area contributed by atoms with Gasteiger partial charge < -0.3 is 28.9 Å². The van der Waals surface area contributed by atoms with Crippen molar-refractivity contribution in [3.8, 4) is 0 Å².